The van der Waals surface area contributed by atoms with Crippen LogP contribution in [0.2, 0.25) is 0 Å². The number of thiazole rings is 1. The van der Waals surface area contributed by atoms with E-state index in [4.69, 9.17) is 0 Å². The van der Waals surface area contributed by atoms with Gasteiger partial charge in [-0.15, -0.1) is 21.5 Å². The highest BCUT2D eigenvalue weighted by Crippen LogP contribution is 2.26. The van der Waals surface area contributed by atoms with Gasteiger partial charge in [-0.3, -0.25) is 4.79 Å². The molecule has 1 atom stereocenters. The Labute approximate surface area is 137 Å². The maximum absolute atomic E-state index is 12.9. The molecule has 2 aromatic heterocycles. The summed E-state index contributed by atoms with van der Waals surface area (Å²) >= 11 is 1.56. The lowest BCUT2D eigenvalue weighted by Crippen LogP contribution is -2.30. The molecule has 1 aromatic carbocycles. The predicted octanol–water partition coefficient (Wildman–Crippen LogP) is 2.46. The monoisotopic (exact) mass is 328 g/mol. The maximum atomic E-state index is 12.9. The van der Waals surface area contributed by atoms with Gasteiger partial charge in [-0.2, -0.15) is 5.21 Å². The van der Waals surface area contributed by atoms with Crippen LogP contribution in [0.3, 0.4) is 0 Å². The second-order valence-electron chi connectivity index (χ2n) is 5.20. The number of tetrazole rings is 1. The van der Waals surface area contributed by atoms with E-state index >= 15 is 0 Å². The van der Waals surface area contributed by atoms with E-state index in [0.29, 0.717) is 17.0 Å². The fourth-order valence-corrected chi connectivity index (χ4v) is 3.13. The molecule has 0 aliphatic heterocycles. The number of amides is 1. The highest BCUT2D eigenvalue weighted by molar-refractivity contribution is 7.09. The first-order chi connectivity index (χ1) is 11.1. The summed E-state index contributed by atoms with van der Waals surface area (Å²) in [6.07, 6.45) is 0. The van der Waals surface area contributed by atoms with E-state index in [1.54, 1.807) is 29.4 Å². The quantitative estimate of drug-likeness (QED) is 0.795. The molecular formula is C15H16N6OS. The number of rotatable bonds is 4. The Morgan fingerprint density at radius 2 is 2.13 bits per heavy atom. The number of nitrogens with zero attached hydrogens (tertiary/aromatic N) is 5. The van der Waals surface area contributed by atoms with Gasteiger partial charge in [0.25, 0.3) is 5.91 Å². The van der Waals surface area contributed by atoms with Crippen molar-refractivity contribution in [1.82, 2.24) is 30.5 Å². The third kappa shape index (κ3) is 2.98. The van der Waals surface area contributed by atoms with Crippen molar-refractivity contribution in [3.8, 4) is 11.4 Å². The van der Waals surface area contributed by atoms with Gasteiger partial charge in [0.2, 0.25) is 5.82 Å². The number of aromatic nitrogens is 5. The summed E-state index contributed by atoms with van der Waals surface area (Å²) in [5.74, 6) is 0.297. The normalized spacial score (nSPS) is 12.1. The van der Waals surface area contributed by atoms with Gasteiger partial charge >= 0.3 is 0 Å². The van der Waals surface area contributed by atoms with Gasteiger partial charge in [-0.25, -0.2) is 4.98 Å². The predicted molar refractivity (Wildman–Crippen MR) is 87.0 cm³/mol. The first-order valence-corrected chi connectivity index (χ1v) is 7.98. The largest absolute Gasteiger partial charge is 0.332 e. The average Bonchev–Trinajstić information content (AvgIpc) is 3.24. The maximum Gasteiger partial charge on any atom is 0.254 e. The van der Waals surface area contributed by atoms with E-state index in [1.807, 2.05) is 37.4 Å². The van der Waals surface area contributed by atoms with E-state index in [9.17, 15) is 4.79 Å². The Bertz CT molecular complexity index is 813. The fraction of sp³-hybridized carbons (Fsp3) is 0.267. The molecule has 0 radical (unpaired) electrons. The molecule has 0 bridgehead atoms. The van der Waals surface area contributed by atoms with Crippen LogP contribution >= 0.6 is 11.3 Å². The van der Waals surface area contributed by atoms with Crippen molar-refractivity contribution in [1.29, 1.82) is 0 Å². The van der Waals surface area contributed by atoms with Crippen molar-refractivity contribution < 1.29 is 4.79 Å². The summed E-state index contributed by atoms with van der Waals surface area (Å²) in [5, 5.41) is 16.8. The molecule has 0 aliphatic rings. The van der Waals surface area contributed by atoms with Crippen LogP contribution in [0.15, 0.2) is 29.6 Å². The van der Waals surface area contributed by atoms with Crippen LogP contribution in [0.25, 0.3) is 11.4 Å². The zero-order valence-corrected chi connectivity index (χ0v) is 13.8. The highest BCUT2D eigenvalue weighted by Gasteiger charge is 2.24. The Hall–Kier alpha value is -2.61. The number of nitrogens with one attached hydrogen (secondary N) is 1. The average molecular weight is 328 g/mol. The molecule has 0 saturated heterocycles. The van der Waals surface area contributed by atoms with Crippen molar-refractivity contribution in [3.63, 3.8) is 0 Å². The zero-order valence-electron chi connectivity index (χ0n) is 13.0. The number of aryl methyl sites for hydroxylation is 1. The molecule has 0 saturated carbocycles. The smallest absolute Gasteiger partial charge is 0.254 e. The van der Waals surface area contributed by atoms with Gasteiger partial charge in [0.05, 0.1) is 11.6 Å². The standard InChI is InChI=1S/C15H16N6OS/c1-9-8-23-14(16-9)10(2)21(3)15(22)12-7-5-4-6-11(12)13-17-19-20-18-13/h4-8,10H,1-3H3,(H,17,18,19,20)/t10-/m0/s1. The fourth-order valence-electron chi connectivity index (χ4n) is 2.24. The van der Waals surface area contributed by atoms with Gasteiger partial charge in [-0.05, 0) is 25.1 Å². The molecule has 0 aliphatic carbocycles. The minimum Gasteiger partial charge on any atom is -0.332 e. The highest BCUT2D eigenvalue weighted by atomic mass is 32.1. The van der Waals surface area contributed by atoms with E-state index < -0.39 is 0 Å². The number of H-pyrrole nitrogens is 1. The Morgan fingerprint density at radius 1 is 1.35 bits per heavy atom. The van der Waals surface area contributed by atoms with Crippen LogP contribution in [0.4, 0.5) is 0 Å². The molecule has 3 rings (SSSR count). The molecule has 118 valence electrons. The van der Waals surface area contributed by atoms with E-state index in [2.05, 4.69) is 25.6 Å². The van der Waals surface area contributed by atoms with Crippen molar-refractivity contribution in [3.05, 3.63) is 45.9 Å². The molecule has 23 heavy (non-hydrogen) atoms. The molecule has 0 unspecified atom stereocenters. The van der Waals surface area contributed by atoms with Crippen LogP contribution in [0, 0.1) is 6.92 Å². The van der Waals surface area contributed by atoms with Gasteiger partial charge < -0.3 is 4.90 Å². The van der Waals surface area contributed by atoms with E-state index in [0.717, 1.165) is 10.7 Å². The SMILES string of the molecule is Cc1csc([C@H](C)N(C)C(=O)c2ccccc2-c2nn[nH]n2)n1. The van der Waals surface area contributed by atoms with Crippen LogP contribution < -0.4 is 0 Å². The molecule has 8 heteroatoms. The van der Waals surface area contributed by atoms with E-state index in [-0.39, 0.29) is 11.9 Å². The van der Waals surface area contributed by atoms with Crippen LogP contribution in [0.1, 0.15) is 34.0 Å². The van der Waals surface area contributed by atoms with Crippen molar-refractivity contribution in [2.45, 2.75) is 19.9 Å². The van der Waals surface area contributed by atoms with E-state index in [1.165, 1.54) is 0 Å². The lowest BCUT2D eigenvalue weighted by atomic mass is 10.1. The minimum absolute atomic E-state index is 0.106. The van der Waals surface area contributed by atoms with Gasteiger partial charge in [-0.1, -0.05) is 18.2 Å². The number of aromatic amines is 1. The summed E-state index contributed by atoms with van der Waals surface area (Å²) in [4.78, 5) is 19.0. The first kappa shape index (κ1) is 15.3. The molecule has 2 heterocycles. The Morgan fingerprint density at radius 3 is 2.78 bits per heavy atom. The first-order valence-electron chi connectivity index (χ1n) is 7.10. The topological polar surface area (TPSA) is 87.7 Å². The zero-order chi connectivity index (χ0) is 16.4. The third-order valence-corrected chi connectivity index (χ3v) is 4.77. The number of benzene rings is 1. The van der Waals surface area contributed by atoms with Gasteiger partial charge in [0, 0.05) is 23.7 Å². The van der Waals surface area contributed by atoms with Crippen LogP contribution in [-0.2, 0) is 0 Å². The summed E-state index contributed by atoms with van der Waals surface area (Å²) in [5.41, 5.74) is 2.15. The molecule has 0 spiro atoms. The van der Waals surface area contributed by atoms with Gasteiger partial charge in [0.1, 0.15) is 5.01 Å². The molecule has 1 amide bonds. The third-order valence-electron chi connectivity index (χ3n) is 3.64. The summed E-state index contributed by atoms with van der Waals surface area (Å²) in [6, 6.07) is 7.13. The van der Waals surface area contributed by atoms with Crippen molar-refractivity contribution >= 4 is 17.2 Å². The summed E-state index contributed by atoms with van der Waals surface area (Å²) < 4.78 is 0. The Kier molecular flexibility index (Phi) is 4.16. The second kappa shape index (κ2) is 6.25. The minimum atomic E-state index is -0.112. The molecule has 0 fully saturated rings. The number of carbonyl (C=O) groups is 1. The molecule has 1 N–H and O–H groups in total. The number of carbonyl (C=O) groups excluding carboxylic acids is 1. The number of hydrogen-bond donors (Lipinski definition) is 1. The van der Waals surface area contributed by atoms with Crippen molar-refractivity contribution in [2.24, 2.45) is 0 Å². The van der Waals surface area contributed by atoms with Crippen LogP contribution in [-0.4, -0.2) is 43.5 Å². The Balaban J connectivity index is 1.91. The summed E-state index contributed by atoms with van der Waals surface area (Å²) in [7, 11) is 1.77. The van der Waals surface area contributed by atoms with Crippen LogP contribution in [0.5, 0.6) is 0 Å². The second-order valence-corrected chi connectivity index (χ2v) is 6.09. The van der Waals surface area contributed by atoms with Gasteiger partial charge in [0.15, 0.2) is 0 Å². The summed E-state index contributed by atoms with van der Waals surface area (Å²) in [6.45, 7) is 3.91. The molecule has 3 aromatic rings. The lowest BCUT2D eigenvalue weighted by molar-refractivity contribution is 0.0743. The number of hydrogen-bond acceptors (Lipinski definition) is 6. The molecule has 7 nitrogen and oxygen atoms in total. The van der Waals surface area contributed by atoms with Crippen molar-refractivity contribution in [2.75, 3.05) is 7.05 Å². The molecular weight excluding hydrogens is 312 g/mol. The lowest BCUT2D eigenvalue weighted by Gasteiger charge is -2.24.